The molecule has 2 fully saturated rings. The van der Waals surface area contributed by atoms with E-state index in [1.807, 2.05) is 19.2 Å². The smallest absolute Gasteiger partial charge is 0.0579 e. The number of piperidine rings is 1. The average molecular weight is 281 g/mol. The third-order valence-corrected chi connectivity index (χ3v) is 4.79. The SMILES string of the molecule is CNCc1c(Cl)cccc1N1C2CCC1CC(O)C2. The summed E-state index contributed by atoms with van der Waals surface area (Å²) in [5.41, 5.74) is 2.43. The summed E-state index contributed by atoms with van der Waals surface area (Å²) in [6.07, 6.45) is 4.03. The van der Waals surface area contributed by atoms with Gasteiger partial charge in [0, 0.05) is 34.9 Å². The van der Waals surface area contributed by atoms with Crippen LogP contribution in [-0.4, -0.2) is 30.3 Å². The summed E-state index contributed by atoms with van der Waals surface area (Å²) in [5.74, 6) is 0. The number of fused-ring (bicyclic) bond motifs is 2. The van der Waals surface area contributed by atoms with Crippen LogP contribution in [0.15, 0.2) is 18.2 Å². The predicted molar refractivity (Wildman–Crippen MR) is 78.7 cm³/mol. The molecule has 3 rings (SSSR count). The fourth-order valence-corrected chi connectivity index (χ4v) is 3.92. The molecule has 1 aromatic carbocycles. The summed E-state index contributed by atoms with van der Waals surface area (Å²) < 4.78 is 0. The maximum Gasteiger partial charge on any atom is 0.0579 e. The van der Waals surface area contributed by atoms with Gasteiger partial charge in [-0.05, 0) is 44.9 Å². The third-order valence-electron chi connectivity index (χ3n) is 4.43. The molecule has 0 aliphatic carbocycles. The van der Waals surface area contributed by atoms with Gasteiger partial charge in [-0.15, -0.1) is 0 Å². The lowest BCUT2D eigenvalue weighted by Gasteiger charge is -2.40. The van der Waals surface area contributed by atoms with Gasteiger partial charge in [0.2, 0.25) is 0 Å². The standard InChI is InChI=1S/C15H21ClN2O/c1-17-9-13-14(16)3-2-4-15(13)18-10-5-6-11(18)8-12(19)7-10/h2-4,10-12,17,19H,5-9H2,1H3. The Morgan fingerprint density at radius 1 is 1.32 bits per heavy atom. The predicted octanol–water partition coefficient (Wildman–Crippen LogP) is 2.55. The highest BCUT2D eigenvalue weighted by molar-refractivity contribution is 6.31. The number of hydrogen-bond donors (Lipinski definition) is 2. The topological polar surface area (TPSA) is 35.5 Å². The first-order valence-electron chi connectivity index (χ1n) is 7.09. The molecule has 2 bridgehead atoms. The minimum atomic E-state index is -0.124. The lowest BCUT2D eigenvalue weighted by Crippen LogP contribution is -2.45. The number of halogens is 1. The number of aliphatic hydroxyl groups is 1. The normalized spacial score (nSPS) is 29.8. The fourth-order valence-electron chi connectivity index (χ4n) is 3.68. The van der Waals surface area contributed by atoms with Gasteiger partial charge in [-0.2, -0.15) is 0 Å². The van der Waals surface area contributed by atoms with Crippen LogP contribution in [0.1, 0.15) is 31.2 Å². The molecule has 0 radical (unpaired) electrons. The van der Waals surface area contributed by atoms with Crippen molar-refractivity contribution in [2.24, 2.45) is 0 Å². The van der Waals surface area contributed by atoms with Crippen molar-refractivity contribution in [2.45, 2.75) is 50.4 Å². The molecule has 104 valence electrons. The Kier molecular flexibility index (Phi) is 3.70. The van der Waals surface area contributed by atoms with Crippen molar-refractivity contribution < 1.29 is 5.11 Å². The highest BCUT2D eigenvalue weighted by Gasteiger charge is 2.40. The molecule has 0 aromatic heterocycles. The first-order chi connectivity index (χ1) is 9.20. The second-order valence-electron chi connectivity index (χ2n) is 5.69. The van der Waals surface area contributed by atoms with Crippen LogP contribution >= 0.6 is 11.6 Å². The highest BCUT2D eigenvalue weighted by atomic mass is 35.5. The zero-order valence-electron chi connectivity index (χ0n) is 11.3. The molecule has 2 N–H and O–H groups in total. The molecule has 1 aromatic rings. The molecule has 0 spiro atoms. The Bertz CT molecular complexity index is 451. The van der Waals surface area contributed by atoms with Crippen molar-refractivity contribution in [1.29, 1.82) is 0 Å². The van der Waals surface area contributed by atoms with Crippen molar-refractivity contribution in [2.75, 3.05) is 11.9 Å². The summed E-state index contributed by atoms with van der Waals surface area (Å²) in [4.78, 5) is 2.51. The van der Waals surface area contributed by atoms with E-state index in [0.717, 1.165) is 24.4 Å². The van der Waals surface area contributed by atoms with Crippen LogP contribution in [0.2, 0.25) is 5.02 Å². The first kappa shape index (κ1) is 13.2. The number of nitrogens with one attached hydrogen (secondary N) is 1. The Balaban J connectivity index is 1.96. The molecular formula is C15H21ClN2O. The van der Waals surface area contributed by atoms with E-state index in [4.69, 9.17) is 11.6 Å². The van der Waals surface area contributed by atoms with Gasteiger partial charge < -0.3 is 15.3 Å². The molecule has 2 heterocycles. The van der Waals surface area contributed by atoms with Crippen LogP contribution in [-0.2, 0) is 6.54 Å². The van der Waals surface area contributed by atoms with Gasteiger partial charge in [-0.1, -0.05) is 17.7 Å². The summed E-state index contributed by atoms with van der Waals surface area (Å²) in [6, 6.07) is 7.10. The van der Waals surface area contributed by atoms with Gasteiger partial charge in [-0.3, -0.25) is 0 Å². The highest BCUT2D eigenvalue weighted by Crippen LogP contribution is 2.41. The zero-order valence-corrected chi connectivity index (χ0v) is 12.0. The van der Waals surface area contributed by atoms with E-state index in [9.17, 15) is 5.11 Å². The Morgan fingerprint density at radius 3 is 2.63 bits per heavy atom. The van der Waals surface area contributed by atoms with E-state index in [-0.39, 0.29) is 6.10 Å². The van der Waals surface area contributed by atoms with Crippen molar-refractivity contribution in [3.05, 3.63) is 28.8 Å². The van der Waals surface area contributed by atoms with Crippen LogP contribution < -0.4 is 10.2 Å². The van der Waals surface area contributed by atoms with E-state index in [2.05, 4.69) is 16.3 Å². The van der Waals surface area contributed by atoms with Crippen molar-refractivity contribution in [3.8, 4) is 0 Å². The van der Waals surface area contributed by atoms with E-state index in [0.29, 0.717) is 12.1 Å². The van der Waals surface area contributed by atoms with Crippen molar-refractivity contribution >= 4 is 17.3 Å². The van der Waals surface area contributed by atoms with E-state index >= 15 is 0 Å². The number of anilines is 1. The molecule has 4 heteroatoms. The Morgan fingerprint density at radius 2 is 2.00 bits per heavy atom. The molecule has 19 heavy (non-hydrogen) atoms. The quantitative estimate of drug-likeness (QED) is 0.893. The molecule has 2 atom stereocenters. The molecule has 2 unspecified atom stereocenters. The largest absolute Gasteiger partial charge is 0.393 e. The van der Waals surface area contributed by atoms with Gasteiger partial charge in [0.25, 0.3) is 0 Å². The van der Waals surface area contributed by atoms with Crippen LogP contribution in [0.4, 0.5) is 5.69 Å². The van der Waals surface area contributed by atoms with Crippen molar-refractivity contribution in [1.82, 2.24) is 5.32 Å². The molecule has 0 saturated carbocycles. The Hall–Kier alpha value is -0.770. The third kappa shape index (κ3) is 2.35. The fraction of sp³-hybridized carbons (Fsp3) is 0.600. The second-order valence-corrected chi connectivity index (χ2v) is 6.09. The van der Waals surface area contributed by atoms with Crippen LogP contribution in [0, 0.1) is 0 Å². The van der Waals surface area contributed by atoms with Crippen LogP contribution in [0.3, 0.4) is 0 Å². The summed E-state index contributed by atoms with van der Waals surface area (Å²) in [6.45, 7) is 0.785. The number of nitrogens with zero attached hydrogens (tertiary/aromatic N) is 1. The summed E-state index contributed by atoms with van der Waals surface area (Å²) in [5, 5.41) is 14.0. The van der Waals surface area contributed by atoms with Gasteiger partial charge in [0.05, 0.1) is 6.10 Å². The molecule has 2 saturated heterocycles. The van der Waals surface area contributed by atoms with E-state index in [1.54, 1.807) is 0 Å². The first-order valence-corrected chi connectivity index (χ1v) is 7.47. The second kappa shape index (κ2) is 5.31. The monoisotopic (exact) mass is 280 g/mol. The van der Waals surface area contributed by atoms with Gasteiger partial charge >= 0.3 is 0 Å². The molecular weight excluding hydrogens is 260 g/mol. The minimum absolute atomic E-state index is 0.124. The molecule has 3 nitrogen and oxygen atoms in total. The maximum absolute atomic E-state index is 9.92. The van der Waals surface area contributed by atoms with Gasteiger partial charge in [-0.25, -0.2) is 0 Å². The lowest BCUT2D eigenvalue weighted by atomic mass is 9.97. The molecule has 2 aliphatic heterocycles. The maximum atomic E-state index is 9.92. The average Bonchev–Trinajstić information content (AvgIpc) is 2.64. The van der Waals surface area contributed by atoms with E-state index < -0.39 is 0 Å². The minimum Gasteiger partial charge on any atom is -0.393 e. The van der Waals surface area contributed by atoms with Crippen LogP contribution in [0.5, 0.6) is 0 Å². The zero-order chi connectivity index (χ0) is 13.4. The van der Waals surface area contributed by atoms with E-state index in [1.165, 1.54) is 24.1 Å². The molecule has 0 amide bonds. The van der Waals surface area contributed by atoms with Gasteiger partial charge in [0.1, 0.15) is 0 Å². The summed E-state index contributed by atoms with van der Waals surface area (Å²) >= 11 is 6.36. The number of hydrogen-bond acceptors (Lipinski definition) is 3. The number of aliphatic hydroxyl groups excluding tert-OH is 1. The van der Waals surface area contributed by atoms with Crippen molar-refractivity contribution in [3.63, 3.8) is 0 Å². The Labute approximate surface area is 119 Å². The molecule has 2 aliphatic rings. The van der Waals surface area contributed by atoms with Crippen LogP contribution in [0.25, 0.3) is 0 Å². The van der Waals surface area contributed by atoms with Gasteiger partial charge in [0.15, 0.2) is 0 Å². The number of rotatable bonds is 3. The lowest BCUT2D eigenvalue weighted by molar-refractivity contribution is 0.126. The number of benzene rings is 1. The summed E-state index contributed by atoms with van der Waals surface area (Å²) in [7, 11) is 1.95.